The minimum atomic E-state index is -0.121. The fourth-order valence-electron chi connectivity index (χ4n) is 4.62. The number of pyridine rings is 2. The molecule has 1 fully saturated rings. The fraction of sp³-hybridized carbons (Fsp3) is 0.308. The van der Waals surface area contributed by atoms with E-state index in [0.29, 0.717) is 40.3 Å². The zero-order chi connectivity index (χ0) is 23.8. The molecule has 0 saturated carbocycles. The number of rotatable bonds is 5. The zero-order valence-corrected chi connectivity index (χ0v) is 20.3. The van der Waals surface area contributed by atoms with E-state index in [2.05, 4.69) is 27.2 Å². The number of anilines is 1. The molecule has 1 N–H and O–H groups in total. The molecule has 0 spiro atoms. The Morgan fingerprint density at radius 2 is 2.03 bits per heavy atom. The highest BCUT2D eigenvalue weighted by atomic mass is 35.5. The molecule has 1 aromatic carbocycles. The molecule has 4 heterocycles. The Hall–Kier alpha value is -3.29. The van der Waals surface area contributed by atoms with Crippen molar-refractivity contribution in [3.8, 4) is 22.4 Å². The first-order valence-electron chi connectivity index (χ1n) is 11.5. The van der Waals surface area contributed by atoms with Crippen LogP contribution >= 0.6 is 11.6 Å². The van der Waals surface area contributed by atoms with E-state index < -0.39 is 0 Å². The summed E-state index contributed by atoms with van der Waals surface area (Å²) in [5.41, 5.74) is 4.58. The summed E-state index contributed by atoms with van der Waals surface area (Å²) in [6.45, 7) is 6.46. The van der Waals surface area contributed by atoms with Crippen LogP contribution in [0.2, 0.25) is 5.02 Å². The van der Waals surface area contributed by atoms with E-state index in [-0.39, 0.29) is 5.56 Å². The number of nitrogens with zero attached hydrogens (tertiary/aromatic N) is 5. The van der Waals surface area contributed by atoms with Crippen molar-refractivity contribution >= 4 is 28.6 Å². The van der Waals surface area contributed by atoms with Crippen LogP contribution in [0.3, 0.4) is 0 Å². The van der Waals surface area contributed by atoms with Gasteiger partial charge in [0.1, 0.15) is 5.65 Å². The molecule has 174 valence electrons. The molecule has 1 aliphatic heterocycles. The number of benzene rings is 1. The van der Waals surface area contributed by atoms with Gasteiger partial charge in [-0.1, -0.05) is 29.8 Å². The third-order valence-electron chi connectivity index (χ3n) is 6.41. The van der Waals surface area contributed by atoms with E-state index in [9.17, 15) is 4.79 Å². The van der Waals surface area contributed by atoms with Crippen LogP contribution in [0.5, 0.6) is 0 Å². The molecule has 1 atom stereocenters. The molecule has 1 unspecified atom stereocenters. The Bertz CT molecular complexity index is 1430. The van der Waals surface area contributed by atoms with Crippen LogP contribution in [0.4, 0.5) is 5.95 Å². The number of aryl methyl sites for hydroxylation is 2. The van der Waals surface area contributed by atoms with Crippen LogP contribution < -0.4 is 10.9 Å². The average Bonchev–Trinajstić information content (AvgIpc) is 3.23. The predicted octanol–water partition coefficient (Wildman–Crippen LogP) is 4.62. The fourth-order valence-corrected chi connectivity index (χ4v) is 4.90. The lowest BCUT2D eigenvalue weighted by Gasteiger charge is -2.15. The lowest BCUT2D eigenvalue weighted by Crippen LogP contribution is -2.26. The van der Waals surface area contributed by atoms with Gasteiger partial charge in [0, 0.05) is 58.6 Å². The van der Waals surface area contributed by atoms with E-state index in [0.717, 1.165) is 41.7 Å². The smallest absolute Gasteiger partial charge is 0.260 e. The monoisotopic (exact) mass is 474 g/mol. The highest BCUT2D eigenvalue weighted by molar-refractivity contribution is 6.33. The van der Waals surface area contributed by atoms with Gasteiger partial charge in [-0.15, -0.1) is 0 Å². The van der Waals surface area contributed by atoms with Crippen molar-refractivity contribution in [3.63, 3.8) is 0 Å². The van der Waals surface area contributed by atoms with Crippen molar-refractivity contribution in [2.75, 3.05) is 25.5 Å². The summed E-state index contributed by atoms with van der Waals surface area (Å²) in [6.07, 6.45) is 4.59. The van der Waals surface area contributed by atoms with Crippen LogP contribution in [0.1, 0.15) is 18.9 Å². The van der Waals surface area contributed by atoms with Gasteiger partial charge < -0.3 is 10.2 Å². The van der Waals surface area contributed by atoms with Gasteiger partial charge in [0.25, 0.3) is 5.56 Å². The third-order valence-corrected chi connectivity index (χ3v) is 6.72. The molecule has 7 nitrogen and oxygen atoms in total. The molecule has 1 saturated heterocycles. The largest absolute Gasteiger partial charge is 0.350 e. The Kier molecular flexibility index (Phi) is 6.06. The normalized spacial score (nSPS) is 16.3. The van der Waals surface area contributed by atoms with E-state index in [1.807, 2.05) is 50.2 Å². The van der Waals surface area contributed by atoms with Crippen LogP contribution in [0, 0.1) is 6.92 Å². The Morgan fingerprint density at radius 3 is 2.74 bits per heavy atom. The standard InChI is InChI=1S/C26H27ClN6O/c1-4-33-24-18(14-29-26(31-24)30-19-9-11-32(3)15-19)12-21(25(33)34)20-8-7-17(13-22(20)27)23-16(2)6-5-10-28-23/h5-8,10,12-14,19H,4,9,11,15H2,1-3H3,(H,29,30,31). The van der Waals surface area contributed by atoms with Crippen molar-refractivity contribution in [2.24, 2.45) is 0 Å². The van der Waals surface area contributed by atoms with Crippen molar-refractivity contribution in [2.45, 2.75) is 32.9 Å². The maximum Gasteiger partial charge on any atom is 0.260 e. The summed E-state index contributed by atoms with van der Waals surface area (Å²) < 4.78 is 1.69. The number of likely N-dealkylation sites (N-methyl/N-ethyl adjacent to an activating group) is 1. The van der Waals surface area contributed by atoms with Gasteiger partial charge in [-0.05, 0) is 57.6 Å². The van der Waals surface area contributed by atoms with Gasteiger partial charge in [-0.25, -0.2) is 4.98 Å². The molecule has 1 aliphatic rings. The maximum atomic E-state index is 13.5. The average molecular weight is 475 g/mol. The van der Waals surface area contributed by atoms with Gasteiger partial charge in [0.2, 0.25) is 5.95 Å². The third kappa shape index (κ3) is 4.17. The van der Waals surface area contributed by atoms with Gasteiger partial charge >= 0.3 is 0 Å². The van der Waals surface area contributed by atoms with Crippen molar-refractivity contribution in [1.29, 1.82) is 0 Å². The number of halogens is 1. The van der Waals surface area contributed by atoms with Gasteiger partial charge in [0.15, 0.2) is 0 Å². The predicted molar refractivity (Wildman–Crippen MR) is 137 cm³/mol. The zero-order valence-electron chi connectivity index (χ0n) is 19.5. The summed E-state index contributed by atoms with van der Waals surface area (Å²) in [5.74, 6) is 0.551. The van der Waals surface area contributed by atoms with Crippen LogP contribution in [0.15, 0.2) is 53.6 Å². The van der Waals surface area contributed by atoms with Gasteiger partial charge in [-0.2, -0.15) is 4.98 Å². The molecule has 0 radical (unpaired) electrons. The van der Waals surface area contributed by atoms with Crippen molar-refractivity contribution < 1.29 is 0 Å². The lowest BCUT2D eigenvalue weighted by molar-refractivity contribution is 0.414. The van der Waals surface area contributed by atoms with Crippen LogP contribution in [0.25, 0.3) is 33.4 Å². The van der Waals surface area contributed by atoms with E-state index in [1.54, 1.807) is 17.0 Å². The highest BCUT2D eigenvalue weighted by Crippen LogP contribution is 2.32. The van der Waals surface area contributed by atoms with E-state index in [4.69, 9.17) is 16.6 Å². The first kappa shape index (κ1) is 22.5. The molecular weight excluding hydrogens is 448 g/mol. The molecular formula is C26H27ClN6O. The molecule has 0 amide bonds. The molecule has 8 heteroatoms. The number of hydrogen-bond donors (Lipinski definition) is 1. The Labute approximate surface area is 203 Å². The SMILES string of the molecule is CCn1c(=O)c(-c2ccc(-c3ncccc3C)cc2Cl)cc2cnc(NC3CCN(C)C3)nc21. The highest BCUT2D eigenvalue weighted by Gasteiger charge is 2.21. The minimum Gasteiger partial charge on any atom is -0.350 e. The van der Waals surface area contributed by atoms with Crippen molar-refractivity contribution in [3.05, 3.63) is 69.7 Å². The summed E-state index contributed by atoms with van der Waals surface area (Å²) >= 11 is 6.70. The number of fused-ring (bicyclic) bond motifs is 1. The van der Waals surface area contributed by atoms with Gasteiger partial charge in [-0.3, -0.25) is 14.3 Å². The second kappa shape index (κ2) is 9.16. The molecule has 5 rings (SSSR count). The number of hydrogen-bond acceptors (Lipinski definition) is 6. The summed E-state index contributed by atoms with van der Waals surface area (Å²) in [7, 11) is 2.11. The quantitative estimate of drug-likeness (QED) is 0.455. The Morgan fingerprint density at radius 1 is 1.18 bits per heavy atom. The summed E-state index contributed by atoms with van der Waals surface area (Å²) in [5, 5.41) is 4.71. The van der Waals surface area contributed by atoms with Gasteiger partial charge in [0.05, 0.1) is 5.69 Å². The topological polar surface area (TPSA) is 75.9 Å². The molecule has 34 heavy (non-hydrogen) atoms. The number of nitrogens with one attached hydrogen (secondary N) is 1. The van der Waals surface area contributed by atoms with Crippen LogP contribution in [-0.4, -0.2) is 50.6 Å². The van der Waals surface area contributed by atoms with Crippen LogP contribution in [-0.2, 0) is 6.54 Å². The van der Waals surface area contributed by atoms with Crippen molar-refractivity contribution in [1.82, 2.24) is 24.4 Å². The first-order valence-corrected chi connectivity index (χ1v) is 11.9. The Balaban J connectivity index is 1.55. The molecule has 0 aliphatic carbocycles. The minimum absolute atomic E-state index is 0.121. The molecule has 0 bridgehead atoms. The maximum absolute atomic E-state index is 13.5. The second-order valence-electron chi connectivity index (χ2n) is 8.84. The summed E-state index contributed by atoms with van der Waals surface area (Å²) in [4.78, 5) is 29.5. The molecule has 3 aromatic heterocycles. The number of likely N-dealkylation sites (tertiary alicyclic amines) is 1. The number of aromatic nitrogens is 4. The summed E-state index contributed by atoms with van der Waals surface area (Å²) in [6, 6.07) is 11.8. The molecule has 4 aromatic rings. The van der Waals surface area contributed by atoms with E-state index >= 15 is 0 Å². The first-order chi connectivity index (χ1) is 16.4. The second-order valence-corrected chi connectivity index (χ2v) is 9.24. The lowest BCUT2D eigenvalue weighted by atomic mass is 10.0. The van der Waals surface area contributed by atoms with E-state index in [1.165, 1.54) is 0 Å².